The molecule has 3 amide bonds. The van der Waals surface area contributed by atoms with Crippen molar-refractivity contribution in [3.8, 4) is 5.75 Å². The molecule has 3 N–H and O–H groups in total. The number of amides is 3. The Kier molecular flexibility index (Phi) is 5.44. The Hall–Kier alpha value is -3.17. The molecule has 1 fully saturated rings. The van der Waals surface area contributed by atoms with Crippen LogP contribution in [0, 0.1) is 0 Å². The highest BCUT2D eigenvalue weighted by atomic mass is 32.1. The summed E-state index contributed by atoms with van der Waals surface area (Å²) in [6, 6.07) is 9.00. The summed E-state index contributed by atoms with van der Waals surface area (Å²) in [4.78, 5) is 33.5. The van der Waals surface area contributed by atoms with E-state index >= 15 is 0 Å². The topological polar surface area (TPSA) is 95.6 Å². The Bertz CT molecular complexity index is 1190. The average Bonchev–Trinajstić information content (AvgIpc) is 3.14. The molecule has 0 saturated carbocycles. The van der Waals surface area contributed by atoms with Gasteiger partial charge in [0.15, 0.2) is 0 Å². The molecule has 4 heterocycles. The number of carbonyl (C=O) groups excluding carboxylic acids is 2. The number of urea groups is 1. The largest absolute Gasteiger partial charge is 0.491 e. The number of benzene rings is 1. The maximum Gasteiger partial charge on any atom is 0.331 e. The molecule has 0 aliphatic carbocycles. The molecule has 3 aromatic rings. The van der Waals surface area contributed by atoms with Gasteiger partial charge in [0, 0.05) is 24.8 Å². The van der Waals surface area contributed by atoms with Gasteiger partial charge in [-0.05, 0) is 51.4 Å². The first kappa shape index (κ1) is 20.7. The van der Waals surface area contributed by atoms with Gasteiger partial charge in [-0.3, -0.25) is 9.69 Å². The van der Waals surface area contributed by atoms with Crippen molar-refractivity contribution in [2.24, 2.45) is 0 Å². The number of rotatable bonds is 5. The molecule has 5 rings (SSSR count). The summed E-state index contributed by atoms with van der Waals surface area (Å²) in [5, 5.41) is 10.1. The number of aromatic nitrogens is 1. The van der Waals surface area contributed by atoms with E-state index in [2.05, 4.69) is 20.9 Å². The van der Waals surface area contributed by atoms with Crippen LogP contribution in [-0.4, -0.2) is 42.2 Å². The third-order valence-electron chi connectivity index (χ3n) is 5.53. The molecule has 0 radical (unpaired) electrons. The maximum absolute atomic E-state index is 13.2. The van der Waals surface area contributed by atoms with E-state index in [1.807, 2.05) is 38.1 Å². The summed E-state index contributed by atoms with van der Waals surface area (Å²) in [7, 11) is 0. The van der Waals surface area contributed by atoms with Gasteiger partial charge in [-0.15, -0.1) is 11.3 Å². The lowest BCUT2D eigenvalue weighted by molar-refractivity contribution is 0.0935. The van der Waals surface area contributed by atoms with Gasteiger partial charge in [0.1, 0.15) is 15.5 Å². The molecule has 1 atom stereocenters. The van der Waals surface area contributed by atoms with Crippen molar-refractivity contribution in [2.75, 3.05) is 23.3 Å². The Morgan fingerprint density at radius 1 is 1.34 bits per heavy atom. The lowest BCUT2D eigenvalue weighted by Gasteiger charge is -2.29. The van der Waals surface area contributed by atoms with E-state index in [1.165, 1.54) is 11.3 Å². The number of hydrogen-bond acceptors (Lipinski definition) is 6. The van der Waals surface area contributed by atoms with Gasteiger partial charge >= 0.3 is 6.03 Å². The van der Waals surface area contributed by atoms with E-state index in [1.54, 1.807) is 17.2 Å². The van der Waals surface area contributed by atoms with Gasteiger partial charge in [0.2, 0.25) is 0 Å². The van der Waals surface area contributed by atoms with Gasteiger partial charge in [-0.25, -0.2) is 9.78 Å². The standard InChI is InChI=1S/C23H25N5O3S/c1-13(2)31-16-7-3-6-15(11-16)28-17-8-10-25-22-18(17)19(27-23(28)30)20(32-22)21(29)26-14-5-4-9-24-12-14/h3,6-8,10-11,13-14,24H,4-5,9,12H2,1-2H3,(H,26,29)(H,27,30)/t14-/m1/s1. The number of ether oxygens (including phenoxy) is 1. The zero-order chi connectivity index (χ0) is 22.2. The second kappa shape index (κ2) is 8.40. The van der Waals surface area contributed by atoms with E-state index in [0.29, 0.717) is 32.5 Å². The summed E-state index contributed by atoms with van der Waals surface area (Å²) < 4.78 is 5.80. The lowest BCUT2D eigenvalue weighted by atomic mass is 10.1. The Balaban J connectivity index is 1.53. The molecule has 0 spiro atoms. The van der Waals surface area contributed by atoms with Gasteiger partial charge in [-0.1, -0.05) is 6.07 Å². The van der Waals surface area contributed by atoms with Crippen molar-refractivity contribution in [2.45, 2.75) is 38.8 Å². The number of anilines is 3. The number of nitrogens with zero attached hydrogens (tertiary/aromatic N) is 2. The third kappa shape index (κ3) is 3.78. The zero-order valence-corrected chi connectivity index (χ0v) is 18.8. The van der Waals surface area contributed by atoms with Crippen LogP contribution in [0.4, 0.5) is 21.9 Å². The predicted octanol–water partition coefficient (Wildman–Crippen LogP) is 4.25. The minimum atomic E-state index is -0.321. The van der Waals surface area contributed by atoms with Crippen LogP contribution in [0.1, 0.15) is 36.4 Å². The van der Waals surface area contributed by atoms with Crippen LogP contribution >= 0.6 is 11.3 Å². The fourth-order valence-electron chi connectivity index (χ4n) is 4.19. The van der Waals surface area contributed by atoms with Crippen LogP contribution in [0.2, 0.25) is 0 Å². The van der Waals surface area contributed by atoms with Gasteiger partial charge in [-0.2, -0.15) is 0 Å². The number of thiophene rings is 1. The van der Waals surface area contributed by atoms with Crippen LogP contribution in [0.15, 0.2) is 36.5 Å². The van der Waals surface area contributed by atoms with Crippen LogP contribution in [0.3, 0.4) is 0 Å². The summed E-state index contributed by atoms with van der Waals surface area (Å²) in [5.74, 6) is 0.511. The summed E-state index contributed by atoms with van der Waals surface area (Å²) in [5.41, 5.74) is 1.92. The second-order valence-electron chi connectivity index (χ2n) is 8.26. The first-order valence-electron chi connectivity index (χ1n) is 10.8. The molecular formula is C23H25N5O3S. The molecule has 2 aliphatic heterocycles. The summed E-state index contributed by atoms with van der Waals surface area (Å²) >= 11 is 1.30. The van der Waals surface area contributed by atoms with Crippen LogP contribution in [0.5, 0.6) is 5.75 Å². The molecule has 1 saturated heterocycles. The molecule has 32 heavy (non-hydrogen) atoms. The van der Waals surface area contributed by atoms with Crippen LogP contribution in [0.25, 0.3) is 10.2 Å². The normalized spacial score (nSPS) is 18.0. The molecule has 0 unspecified atom stereocenters. The number of nitrogens with one attached hydrogen (secondary N) is 3. The third-order valence-corrected chi connectivity index (χ3v) is 6.63. The number of pyridine rings is 1. The Labute approximate surface area is 190 Å². The summed E-state index contributed by atoms with van der Waals surface area (Å²) in [6.45, 7) is 5.65. The first-order chi connectivity index (χ1) is 15.5. The summed E-state index contributed by atoms with van der Waals surface area (Å²) in [6.07, 6.45) is 3.67. The van der Waals surface area contributed by atoms with E-state index in [-0.39, 0.29) is 24.1 Å². The first-order valence-corrected chi connectivity index (χ1v) is 11.6. The van der Waals surface area contributed by atoms with Crippen molar-refractivity contribution in [1.29, 1.82) is 0 Å². The Morgan fingerprint density at radius 3 is 3.00 bits per heavy atom. The minimum Gasteiger partial charge on any atom is -0.491 e. The van der Waals surface area contributed by atoms with E-state index in [4.69, 9.17) is 4.74 Å². The van der Waals surface area contributed by atoms with Crippen molar-refractivity contribution in [3.05, 3.63) is 41.4 Å². The minimum absolute atomic E-state index is 0.0250. The smallest absolute Gasteiger partial charge is 0.331 e. The van der Waals surface area contributed by atoms with Crippen molar-refractivity contribution in [3.63, 3.8) is 0 Å². The highest BCUT2D eigenvalue weighted by Gasteiger charge is 2.33. The number of hydrogen-bond donors (Lipinski definition) is 3. The predicted molar refractivity (Wildman–Crippen MR) is 126 cm³/mol. The second-order valence-corrected chi connectivity index (χ2v) is 9.26. The van der Waals surface area contributed by atoms with Crippen molar-refractivity contribution < 1.29 is 14.3 Å². The van der Waals surface area contributed by atoms with E-state index in [9.17, 15) is 9.59 Å². The SMILES string of the molecule is CC(C)Oc1cccc(N2C(=O)Nc3c(C(=O)N[C@@H]4CCCNC4)sc4nccc2c34)c1. The molecule has 0 bridgehead atoms. The van der Waals surface area contributed by atoms with E-state index in [0.717, 1.165) is 31.3 Å². The molecular weight excluding hydrogens is 426 g/mol. The van der Waals surface area contributed by atoms with Crippen molar-refractivity contribution >= 4 is 50.6 Å². The van der Waals surface area contributed by atoms with Gasteiger partial charge < -0.3 is 20.7 Å². The van der Waals surface area contributed by atoms with Crippen LogP contribution in [-0.2, 0) is 0 Å². The van der Waals surface area contributed by atoms with Gasteiger partial charge in [0.05, 0.1) is 28.6 Å². The highest BCUT2D eigenvalue weighted by molar-refractivity contribution is 7.21. The molecule has 2 aromatic heterocycles. The van der Waals surface area contributed by atoms with Crippen LogP contribution < -0.4 is 25.6 Å². The lowest BCUT2D eigenvalue weighted by Crippen LogP contribution is -2.45. The monoisotopic (exact) mass is 451 g/mol. The molecule has 166 valence electrons. The zero-order valence-electron chi connectivity index (χ0n) is 18.0. The van der Waals surface area contributed by atoms with E-state index < -0.39 is 0 Å². The number of carbonyl (C=O) groups is 2. The van der Waals surface area contributed by atoms with Gasteiger partial charge in [0.25, 0.3) is 5.91 Å². The maximum atomic E-state index is 13.2. The Morgan fingerprint density at radius 2 is 2.22 bits per heavy atom. The fourth-order valence-corrected chi connectivity index (χ4v) is 5.22. The molecule has 9 heteroatoms. The quantitative estimate of drug-likeness (QED) is 0.539. The highest BCUT2D eigenvalue weighted by Crippen LogP contribution is 2.46. The molecule has 8 nitrogen and oxygen atoms in total. The fraction of sp³-hybridized carbons (Fsp3) is 0.348. The molecule has 1 aromatic carbocycles. The van der Waals surface area contributed by atoms with Crippen molar-refractivity contribution in [1.82, 2.24) is 15.6 Å². The number of piperidine rings is 1. The molecule has 2 aliphatic rings. The average molecular weight is 452 g/mol.